The molecule has 0 aromatic rings. The van der Waals surface area contributed by atoms with Crippen molar-refractivity contribution >= 4 is 17.9 Å². The Morgan fingerprint density at radius 2 is 0.897 bits per heavy atom. The Balaban J connectivity index is 4.30. The molecule has 0 aliphatic heterocycles. The standard InChI is InChI=1S/C50H93NO7/c1-6-8-10-12-14-16-18-20-22-24-25-27-29-31-33-35-37-39-41-49(53)58-46(44-56-43-42-47(50(54)55)51(3,4)5)45-57-48(52)40-38-36-34-32-30-28-26-23-21-19-17-15-13-11-9-7-2/h23,26,28,30,46-47H,6-22,24-25,27,29,31-45H2,1-5H3/b26-23+,30-28+. The number of carboxylic acids is 1. The molecule has 0 radical (unpaired) electrons. The first-order chi connectivity index (χ1) is 28.1. The fourth-order valence-electron chi connectivity index (χ4n) is 7.30. The maximum atomic E-state index is 12.8. The van der Waals surface area contributed by atoms with Crippen LogP contribution in [0.2, 0.25) is 0 Å². The lowest BCUT2D eigenvalue weighted by Crippen LogP contribution is -2.55. The van der Waals surface area contributed by atoms with Crippen LogP contribution >= 0.6 is 0 Å². The first-order valence-electron chi connectivity index (χ1n) is 24.4. The van der Waals surface area contributed by atoms with Crippen LogP contribution in [0.4, 0.5) is 0 Å². The number of hydrogen-bond acceptors (Lipinski definition) is 7. The fraction of sp³-hybridized carbons (Fsp3) is 0.860. The zero-order valence-corrected chi connectivity index (χ0v) is 38.7. The number of carbonyl (C=O) groups is 3. The molecule has 0 spiro atoms. The van der Waals surface area contributed by atoms with Crippen LogP contribution < -0.4 is 5.11 Å². The highest BCUT2D eigenvalue weighted by molar-refractivity contribution is 5.70. The van der Waals surface area contributed by atoms with E-state index in [0.717, 1.165) is 51.4 Å². The molecular formula is C50H93NO7. The number of carboxylic acid groups (broad SMARTS) is 1. The van der Waals surface area contributed by atoms with Gasteiger partial charge in [-0.05, 0) is 38.5 Å². The molecule has 0 saturated heterocycles. The fourth-order valence-corrected chi connectivity index (χ4v) is 7.30. The van der Waals surface area contributed by atoms with Crippen LogP contribution in [-0.2, 0) is 28.6 Å². The number of unbranched alkanes of at least 4 members (excludes halogenated alkanes) is 27. The predicted octanol–water partition coefficient (Wildman–Crippen LogP) is 12.3. The largest absolute Gasteiger partial charge is 0.544 e. The highest BCUT2D eigenvalue weighted by Gasteiger charge is 2.25. The lowest BCUT2D eigenvalue weighted by atomic mass is 10.0. The second-order valence-corrected chi connectivity index (χ2v) is 17.7. The molecule has 0 heterocycles. The molecule has 0 aromatic heterocycles. The molecule has 0 fully saturated rings. The van der Waals surface area contributed by atoms with Crippen molar-refractivity contribution < 1.29 is 38.2 Å². The third-order valence-corrected chi connectivity index (χ3v) is 11.1. The van der Waals surface area contributed by atoms with E-state index in [2.05, 4.69) is 38.2 Å². The van der Waals surface area contributed by atoms with Crippen LogP contribution in [0.1, 0.15) is 226 Å². The molecule has 0 N–H and O–H groups in total. The molecule has 0 aromatic carbocycles. The quantitative estimate of drug-likeness (QED) is 0.0261. The molecule has 0 amide bonds. The Morgan fingerprint density at radius 1 is 0.517 bits per heavy atom. The molecule has 340 valence electrons. The molecule has 8 heteroatoms. The topological polar surface area (TPSA) is 102 Å². The third-order valence-electron chi connectivity index (χ3n) is 11.1. The number of allylic oxidation sites excluding steroid dienone is 4. The Kier molecular flexibility index (Phi) is 40.0. The van der Waals surface area contributed by atoms with Gasteiger partial charge in [0.05, 0.1) is 40.3 Å². The van der Waals surface area contributed by atoms with Gasteiger partial charge in [-0.1, -0.05) is 192 Å². The second-order valence-electron chi connectivity index (χ2n) is 17.7. The average Bonchev–Trinajstić information content (AvgIpc) is 3.18. The summed E-state index contributed by atoms with van der Waals surface area (Å²) < 4.78 is 17.2. The molecular weight excluding hydrogens is 727 g/mol. The molecule has 0 aliphatic rings. The SMILES string of the molecule is CCCCCCCCC/C=C/C=C/CCCCCC(=O)OCC(COCCC(C(=O)[O-])[N+](C)(C)C)OC(=O)CCCCCCCCCCCCCCCCCCCC. The van der Waals surface area contributed by atoms with Crippen molar-refractivity contribution in [3.63, 3.8) is 0 Å². The summed E-state index contributed by atoms with van der Waals surface area (Å²) in [7, 11) is 5.41. The van der Waals surface area contributed by atoms with Gasteiger partial charge in [-0.25, -0.2) is 0 Å². The molecule has 0 bridgehead atoms. The minimum Gasteiger partial charge on any atom is -0.544 e. The van der Waals surface area contributed by atoms with Gasteiger partial charge in [0, 0.05) is 19.3 Å². The van der Waals surface area contributed by atoms with Crippen molar-refractivity contribution in [1.29, 1.82) is 0 Å². The monoisotopic (exact) mass is 820 g/mol. The van der Waals surface area contributed by atoms with Crippen LogP contribution in [0.25, 0.3) is 0 Å². The summed E-state index contributed by atoms with van der Waals surface area (Å²) in [5.74, 6) is -1.75. The van der Waals surface area contributed by atoms with Crippen LogP contribution in [-0.4, -0.2) is 75.5 Å². The number of rotatable bonds is 44. The van der Waals surface area contributed by atoms with E-state index in [4.69, 9.17) is 14.2 Å². The summed E-state index contributed by atoms with van der Waals surface area (Å²) in [5.41, 5.74) is 0. The summed E-state index contributed by atoms with van der Waals surface area (Å²) >= 11 is 0. The first kappa shape index (κ1) is 55.8. The first-order valence-corrected chi connectivity index (χ1v) is 24.4. The van der Waals surface area contributed by atoms with Crippen LogP contribution in [0.5, 0.6) is 0 Å². The predicted molar refractivity (Wildman–Crippen MR) is 240 cm³/mol. The Morgan fingerprint density at radius 3 is 1.31 bits per heavy atom. The van der Waals surface area contributed by atoms with E-state index in [-0.39, 0.29) is 42.7 Å². The number of hydrogen-bond donors (Lipinski definition) is 0. The van der Waals surface area contributed by atoms with E-state index >= 15 is 0 Å². The lowest BCUT2D eigenvalue weighted by molar-refractivity contribution is -0.889. The Bertz CT molecular complexity index is 1000. The zero-order valence-electron chi connectivity index (χ0n) is 38.7. The molecule has 2 unspecified atom stereocenters. The van der Waals surface area contributed by atoms with E-state index in [9.17, 15) is 19.5 Å². The minimum absolute atomic E-state index is 0.0366. The smallest absolute Gasteiger partial charge is 0.306 e. The maximum Gasteiger partial charge on any atom is 0.306 e. The van der Waals surface area contributed by atoms with Gasteiger partial charge in [-0.15, -0.1) is 0 Å². The number of esters is 2. The number of ether oxygens (including phenoxy) is 3. The molecule has 0 aliphatic carbocycles. The number of nitrogens with zero attached hydrogens (tertiary/aromatic N) is 1. The number of aliphatic carboxylic acids is 1. The molecule has 2 atom stereocenters. The highest BCUT2D eigenvalue weighted by Crippen LogP contribution is 2.16. The normalized spacial score (nSPS) is 13.1. The van der Waals surface area contributed by atoms with Gasteiger partial charge in [-0.3, -0.25) is 9.59 Å². The van der Waals surface area contributed by atoms with Gasteiger partial charge in [0.1, 0.15) is 12.6 Å². The Hall–Kier alpha value is -2.19. The van der Waals surface area contributed by atoms with Crippen molar-refractivity contribution in [2.45, 2.75) is 238 Å². The van der Waals surface area contributed by atoms with Crippen molar-refractivity contribution in [2.24, 2.45) is 0 Å². The van der Waals surface area contributed by atoms with Gasteiger partial charge < -0.3 is 28.6 Å². The van der Waals surface area contributed by atoms with E-state index in [1.54, 1.807) is 21.1 Å². The van der Waals surface area contributed by atoms with E-state index in [0.29, 0.717) is 12.8 Å². The van der Waals surface area contributed by atoms with Crippen molar-refractivity contribution in [3.05, 3.63) is 24.3 Å². The van der Waals surface area contributed by atoms with Crippen LogP contribution in [0.3, 0.4) is 0 Å². The zero-order chi connectivity index (χ0) is 42.8. The maximum absolute atomic E-state index is 12.8. The lowest BCUT2D eigenvalue weighted by Gasteiger charge is -2.34. The van der Waals surface area contributed by atoms with Gasteiger partial charge in [0.15, 0.2) is 6.10 Å². The summed E-state index contributed by atoms with van der Waals surface area (Å²) in [6.45, 7) is 4.66. The Labute approximate surface area is 358 Å². The van der Waals surface area contributed by atoms with Gasteiger partial charge in [0.25, 0.3) is 0 Å². The van der Waals surface area contributed by atoms with Gasteiger partial charge in [0.2, 0.25) is 0 Å². The molecule has 8 nitrogen and oxygen atoms in total. The number of likely N-dealkylation sites (N-methyl/N-ethyl adjacent to an activating group) is 1. The van der Waals surface area contributed by atoms with Crippen molar-refractivity contribution in [2.75, 3.05) is 41.0 Å². The van der Waals surface area contributed by atoms with Gasteiger partial charge >= 0.3 is 11.9 Å². The minimum atomic E-state index is -1.13. The number of quaternary nitrogens is 1. The number of carbonyl (C=O) groups excluding carboxylic acids is 3. The molecule has 0 rings (SSSR count). The van der Waals surface area contributed by atoms with E-state index in [1.165, 1.54) is 141 Å². The molecule has 0 saturated carbocycles. The van der Waals surface area contributed by atoms with Crippen LogP contribution in [0, 0.1) is 0 Å². The third kappa shape index (κ3) is 39.3. The van der Waals surface area contributed by atoms with E-state index in [1.807, 2.05) is 0 Å². The molecule has 58 heavy (non-hydrogen) atoms. The summed E-state index contributed by atoms with van der Waals surface area (Å²) in [6, 6.07) is -0.727. The summed E-state index contributed by atoms with van der Waals surface area (Å²) in [5, 5.41) is 11.6. The van der Waals surface area contributed by atoms with E-state index < -0.39 is 18.1 Å². The highest BCUT2D eigenvalue weighted by atomic mass is 16.6. The van der Waals surface area contributed by atoms with Crippen LogP contribution in [0.15, 0.2) is 24.3 Å². The average molecular weight is 820 g/mol. The van der Waals surface area contributed by atoms with Crippen molar-refractivity contribution in [3.8, 4) is 0 Å². The van der Waals surface area contributed by atoms with Gasteiger partial charge in [-0.2, -0.15) is 0 Å². The summed E-state index contributed by atoms with van der Waals surface area (Å²) in [4.78, 5) is 36.9. The second kappa shape index (κ2) is 41.5. The summed E-state index contributed by atoms with van der Waals surface area (Å²) in [6.07, 6.45) is 46.3. The van der Waals surface area contributed by atoms with Crippen molar-refractivity contribution in [1.82, 2.24) is 0 Å².